The standard InChI is InChI=1S/C17H16F3N3O3/c1-10(24)15-16(26)14(25)9-23(21-15)13-8-11(17(18,19)20)4-5-12(13)22-6-2-3-7-22/h4-5,8-9,25H,2-3,6-7H2,1H3. The van der Waals surface area contributed by atoms with Gasteiger partial charge in [0.1, 0.15) is 0 Å². The summed E-state index contributed by atoms with van der Waals surface area (Å²) in [6, 6.07) is 3.22. The van der Waals surface area contributed by atoms with Gasteiger partial charge in [0.15, 0.2) is 17.2 Å². The molecule has 26 heavy (non-hydrogen) atoms. The van der Waals surface area contributed by atoms with Crippen molar-refractivity contribution in [2.75, 3.05) is 18.0 Å². The number of halogens is 3. The second-order valence-corrected chi connectivity index (χ2v) is 6.09. The Labute approximate surface area is 146 Å². The van der Waals surface area contributed by atoms with Crippen molar-refractivity contribution in [2.45, 2.75) is 25.9 Å². The lowest BCUT2D eigenvalue weighted by atomic mass is 10.1. The average Bonchev–Trinajstić information content (AvgIpc) is 3.10. The monoisotopic (exact) mass is 367 g/mol. The molecule has 0 aliphatic carbocycles. The molecule has 0 amide bonds. The Balaban J connectivity index is 2.24. The fourth-order valence-electron chi connectivity index (χ4n) is 2.94. The molecule has 1 aromatic carbocycles. The molecule has 0 radical (unpaired) electrons. The van der Waals surface area contributed by atoms with Crippen LogP contribution in [0.15, 0.2) is 29.2 Å². The number of aromatic nitrogens is 2. The van der Waals surface area contributed by atoms with Crippen LogP contribution in [0.3, 0.4) is 0 Å². The van der Waals surface area contributed by atoms with Crippen molar-refractivity contribution in [3.8, 4) is 11.4 Å². The minimum atomic E-state index is -4.57. The van der Waals surface area contributed by atoms with E-state index in [0.717, 1.165) is 42.8 Å². The third-order valence-corrected chi connectivity index (χ3v) is 4.23. The van der Waals surface area contributed by atoms with Gasteiger partial charge in [0.25, 0.3) is 5.43 Å². The number of benzene rings is 1. The molecule has 1 fully saturated rings. The quantitative estimate of drug-likeness (QED) is 0.845. The zero-order chi connectivity index (χ0) is 19.1. The lowest BCUT2D eigenvalue weighted by Gasteiger charge is -2.23. The Morgan fingerprint density at radius 3 is 2.42 bits per heavy atom. The highest BCUT2D eigenvalue weighted by Crippen LogP contribution is 2.35. The Morgan fingerprint density at radius 1 is 1.19 bits per heavy atom. The van der Waals surface area contributed by atoms with Crippen molar-refractivity contribution in [3.63, 3.8) is 0 Å². The maximum atomic E-state index is 13.1. The molecule has 9 heteroatoms. The largest absolute Gasteiger partial charge is 0.503 e. The molecule has 1 aliphatic rings. The van der Waals surface area contributed by atoms with Crippen LogP contribution in [0.1, 0.15) is 35.8 Å². The highest BCUT2D eigenvalue weighted by molar-refractivity contribution is 5.92. The van der Waals surface area contributed by atoms with Gasteiger partial charge < -0.3 is 10.0 Å². The second-order valence-electron chi connectivity index (χ2n) is 6.09. The number of carbonyl (C=O) groups excluding carboxylic acids is 1. The van der Waals surface area contributed by atoms with E-state index in [4.69, 9.17) is 0 Å². The average molecular weight is 367 g/mol. The fraction of sp³-hybridized carbons (Fsp3) is 0.353. The van der Waals surface area contributed by atoms with Crippen molar-refractivity contribution in [2.24, 2.45) is 0 Å². The van der Waals surface area contributed by atoms with Gasteiger partial charge in [-0.3, -0.25) is 9.59 Å². The van der Waals surface area contributed by atoms with Crippen molar-refractivity contribution in [1.29, 1.82) is 0 Å². The number of hydrogen-bond donors (Lipinski definition) is 1. The van der Waals surface area contributed by atoms with Crippen molar-refractivity contribution in [3.05, 3.63) is 45.9 Å². The lowest BCUT2D eigenvalue weighted by Crippen LogP contribution is -2.23. The Hall–Kier alpha value is -2.84. The Bertz CT molecular complexity index is 916. The molecule has 6 nitrogen and oxygen atoms in total. The lowest BCUT2D eigenvalue weighted by molar-refractivity contribution is -0.137. The van der Waals surface area contributed by atoms with Gasteiger partial charge in [-0.25, -0.2) is 4.68 Å². The molecule has 3 rings (SSSR count). The smallest absolute Gasteiger partial charge is 0.416 e. The topological polar surface area (TPSA) is 75.4 Å². The minimum Gasteiger partial charge on any atom is -0.503 e. The van der Waals surface area contributed by atoms with Crippen LogP contribution in [0.25, 0.3) is 5.69 Å². The number of aromatic hydroxyl groups is 1. The number of rotatable bonds is 3. The first-order valence-electron chi connectivity index (χ1n) is 7.99. The van der Waals surface area contributed by atoms with Gasteiger partial charge in [0.05, 0.1) is 23.1 Å². The van der Waals surface area contributed by atoms with Crippen LogP contribution in [-0.4, -0.2) is 33.8 Å². The molecule has 1 aliphatic heterocycles. The summed E-state index contributed by atoms with van der Waals surface area (Å²) in [5, 5.41) is 13.7. The summed E-state index contributed by atoms with van der Waals surface area (Å²) >= 11 is 0. The van der Waals surface area contributed by atoms with Gasteiger partial charge in [-0.1, -0.05) is 0 Å². The number of nitrogens with zero attached hydrogens (tertiary/aromatic N) is 3. The van der Waals surface area contributed by atoms with E-state index < -0.39 is 34.4 Å². The Morgan fingerprint density at radius 2 is 1.85 bits per heavy atom. The molecule has 0 atom stereocenters. The van der Waals surface area contributed by atoms with Gasteiger partial charge in [-0.2, -0.15) is 18.3 Å². The molecule has 0 bridgehead atoms. The molecule has 0 saturated carbocycles. The van der Waals surface area contributed by atoms with Crippen LogP contribution in [0.4, 0.5) is 18.9 Å². The molecular formula is C17H16F3N3O3. The summed E-state index contributed by atoms with van der Waals surface area (Å²) in [5.74, 6) is -1.44. The van der Waals surface area contributed by atoms with Crippen molar-refractivity contribution >= 4 is 11.5 Å². The Kier molecular flexibility index (Phi) is 4.47. The molecule has 138 valence electrons. The van der Waals surface area contributed by atoms with Crippen LogP contribution in [0.5, 0.6) is 5.75 Å². The molecule has 1 aromatic heterocycles. The van der Waals surface area contributed by atoms with E-state index in [9.17, 15) is 27.9 Å². The van der Waals surface area contributed by atoms with E-state index in [1.54, 1.807) is 0 Å². The van der Waals surface area contributed by atoms with Crippen LogP contribution in [0.2, 0.25) is 0 Å². The zero-order valence-electron chi connectivity index (χ0n) is 13.9. The van der Waals surface area contributed by atoms with Gasteiger partial charge in [0.2, 0.25) is 0 Å². The van der Waals surface area contributed by atoms with Gasteiger partial charge in [-0.05, 0) is 31.0 Å². The van der Waals surface area contributed by atoms with Gasteiger partial charge in [0, 0.05) is 20.0 Å². The van der Waals surface area contributed by atoms with Crippen LogP contribution in [0, 0.1) is 0 Å². The van der Waals surface area contributed by atoms with E-state index in [0.29, 0.717) is 18.8 Å². The van der Waals surface area contributed by atoms with Crippen molar-refractivity contribution in [1.82, 2.24) is 9.78 Å². The number of Topliss-reactive ketones (excluding diaryl/α,β-unsaturated/α-hetero) is 1. The number of carbonyl (C=O) groups is 1. The number of ketones is 1. The van der Waals surface area contributed by atoms with Crippen LogP contribution < -0.4 is 10.3 Å². The number of hydrogen-bond acceptors (Lipinski definition) is 5. The molecular weight excluding hydrogens is 351 g/mol. The highest BCUT2D eigenvalue weighted by Gasteiger charge is 2.32. The first-order chi connectivity index (χ1) is 12.2. The molecule has 1 saturated heterocycles. The predicted octanol–water partition coefficient (Wildman–Crippen LogP) is 2.76. The molecule has 2 heterocycles. The minimum absolute atomic E-state index is 0.0412. The first-order valence-corrected chi connectivity index (χ1v) is 7.99. The summed E-state index contributed by atoms with van der Waals surface area (Å²) in [6.07, 6.45) is -1.84. The molecule has 0 spiro atoms. The van der Waals surface area contributed by atoms with Gasteiger partial charge in [-0.15, -0.1) is 0 Å². The summed E-state index contributed by atoms with van der Waals surface area (Å²) in [7, 11) is 0. The SMILES string of the molecule is CC(=O)c1nn(-c2cc(C(F)(F)F)ccc2N2CCCC2)cc(O)c1=O. The molecule has 1 N–H and O–H groups in total. The van der Waals surface area contributed by atoms with E-state index in [-0.39, 0.29) is 5.69 Å². The van der Waals surface area contributed by atoms with E-state index >= 15 is 0 Å². The number of anilines is 1. The van der Waals surface area contributed by atoms with Crippen LogP contribution >= 0.6 is 0 Å². The first kappa shape index (κ1) is 18.0. The van der Waals surface area contributed by atoms with Crippen LogP contribution in [-0.2, 0) is 6.18 Å². The molecule has 0 unspecified atom stereocenters. The molecule has 2 aromatic rings. The summed E-state index contributed by atoms with van der Waals surface area (Å²) in [5.41, 5.74) is -1.85. The normalized spacial score (nSPS) is 14.7. The third kappa shape index (κ3) is 3.29. The summed E-state index contributed by atoms with van der Waals surface area (Å²) in [4.78, 5) is 25.3. The van der Waals surface area contributed by atoms with E-state index in [1.165, 1.54) is 6.07 Å². The summed E-state index contributed by atoms with van der Waals surface area (Å²) in [6.45, 7) is 2.44. The maximum Gasteiger partial charge on any atom is 0.416 e. The van der Waals surface area contributed by atoms with E-state index in [2.05, 4.69) is 5.10 Å². The van der Waals surface area contributed by atoms with E-state index in [1.807, 2.05) is 4.90 Å². The van der Waals surface area contributed by atoms with Gasteiger partial charge >= 0.3 is 6.18 Å². The fourth-order valence-corrected chi connectivity index (χ4v) is 2.94. The number of alkyl halides is 3. The maximum absolute atomic E-state index is 13.1. The predicted molar refractivity (Wildman–Crippen MR) is 88.0 cm³/mol. The summed E-state index contributed by atoms with van der Waals surface area (Å²) < 4.78 is 40.4. The second kappa shape index (κ2) is 6.47. The third-order valence-electron chi connectivity index (χ3n) is 4.23. The zero-order valence-corrected chi connectivity index (χ0v) is 13.9. The van der Waals surface area contributed by atoms with Crippen molar-refractivity contribution < 1.29 is 23.1 Å². The highest BCUT2D eigenvalue weighted by atomic mass is 19.4.